The number of hydrogen-bond acceptors (Lipinski definition) is 3. The Balaban J connectivity index is 0.000000771. The van der Waals surface area contributed by atoms with Crippen molar-refractivity contribution in [3.8, 4) is 0 Å². The number of carbonyl (C=O) groups excluding carboxylic acids is 1. The third-order valence-electron chi connectivity index (χ3n) is 4.05. The Bertz CT molecular complexity index is 245. The molecule has 1 aliphatic heterocycles. The summed E-state index contributed by atoms with van der Waals surface area (Å²) in [4.78, 5) is 16.5. The van der Waals surface area contributed by atoms with E-state index in [0.29, 0.717) is 17.9 Å². The Kier molecular flexibility index (Phi) is 6.87. The zero-order chi connectivity index (χ0) is 13.5. The number of carbonyl (C=O) groups is 1. The third kappa shape index (κ3) is 4.36. The van der Waals surface area contributed by atoms with Gasteiger partial charge in [0.25, 0.3) is 0 Å². The molecule has 3 nitrogen and oxygen atoms in total. The first-order valence-corrected chi connectivity index (χ1v) is 7.66. The minimum atomic E-state index is 0.475. The van der Waals surface area contributed by atoms with E-state index in [-0.39, 0.29) is 0 Å². The molecule has 1 unspecified atom stereocenters. The van der Waals surface area contributed by atoms with Crippen molar-refractivity contribution in [3.63, 3.8) is 0 Å². The monoisotopic (exact) mass is 254 g/mol. The van der Waals surface area contributed by atoms with Crippen molar-refractivity contribution in [3.05, 3.63) is 0 Å². The van der Waals surface area contributed by atoms with Crippen molar-refractivity contribution >= 4 is 5.78 Å². The van der Waals surface area contributed by atoms with E-state index in [1.807, 2.05) is 13.8 Å². The van der Waals surface area contributed by atoms with Crippen LogP contribution in [0.25, 0.3) is 0 Å². The van der Waals surface area contributed by atoms with Crippen LogP contribution < -0.4 is 0 Å². The van der Waals surface area contributed by atoms with Crippen molar-refractivity contribution in [2.24, 2.45) is 0 Å². The van der Waals surface area contributed by atoms with Gasteiger partial charge in [-0.15, -0.1) is 0 Å². The van der Waals surface area contributed by atoms with Crippen LogP contribution in [0.4, 0.5) is 0 Å². The molecule has 3 heteroatoms. The van der Waals surface area contributed by atoms with Gasteiger partial charge in [0.05, 0.1) is 0 Å². The van der Waals surface area contributed by atoms with Gasteiger partial charge in [0.1, 0.15) is 5.78 Å². The lowest BCUT2D eigenvalue weighted by atomic mass is 9.92. The number of hydrogen-bond donors (Lipinski definition) is 0. The molecule has 2 fully saturated rings. The molecule has 2 aliphatic rings. The number of Topliss-reactive ketones (excluding diaryl/α,β-unsaturated/α-hetero) is 1. The van der Waals surface area contributed by atoms with Crippen LogP contribution in [0, 0.1) is 0 Å². The van der Waals surface area contributed by atoms with E-state index in [1.54, 1.807) is 0 Å². The van der Waals surface area contributed by atoms with Gasteiger partial charge in [-0.05, 0) is 26.7 Å². The van der Waals surface area contributed by atoms with Crippen molar-refractivity contribution in [1.82, 2.24) is 9.80 Å². The SMILES string of the molecule is CC.CC(C)N1CCN(C2CCCC(=O)C2)CC1. The Morgan fingerprint density at radius 2 is 1.72 bits per heavy atom. The van der Waals surface area contributed by atoms with Gasteiger partial charge in [-0.1, -0.05) is 13.8 Å². The summed E-state index contributed by atoms with van der Waals surface area (Å²) in [5.41, 5.74) is 0. The molecule has 0 aromatic heterocycles. The van der Waals surface area contributed by atoms with E-state index in [4.69, 9.17) is 0 Å². The second kappa shape index (κ2) is 7.90. The standard InChI is InChI=1S/C13H24N2O.C2H6/c1-11(2)14-6-8-15(9-7-14)12-4-3-5-13(16)10-12;1-2/h11-12H,3-10H2,1-2H3;1-2H3. The Morgan fingerprint density at radius 1 is 1.11 bits per heavy atom. The van der Waals surface area contributed by atoms with Gasteiger partial charge >= 0.3 is 0 Å². The Morgan fingerprint density at radius 3 is 2.22 bits per heavy atom. The first kappa shape index (κ1) is 15.6. The fourth-order valence-corrected chi connectivity index (χ4v) is 2.93. The van der Waals surface area contributed by atoms with E-state index in [1.165, 1.54) is 19.5 Å². The molecule has 0 radical (unpaired) electrons. The molecule has 1 saturated heterocycles. The van der Waals surface area contributed by atoms with E-state index >= 15 is 0 Å². The zero-order valence-electron chi connectivity index (χ0n) is 12.6. The van der Waals surface area contributed by atoms with Gasteiger partial charge in [0, 0.05) is 51.1 Å². The molecule has 1 heterocycles. The molecule has 2 rings (SSSR count). The van der Waals surface area contributed by atoms with Gasteiger partial charge < -0.3 is 0 Å². The molecular formula is C15H30N2O. The van der Waals surface area contributed by atoms with Gasteiger partial charge in [0.2, 0.25) is 0 Å². The highest BCUT2D eigenvalue weighted by Crippen LogP contribution is 2.21. The van der Waals surface area contributed by atoms with E-state index in [2.05, 4.69) is 23.6 Å². The maximum absolute atomic E-state index is 11.5. The van der Waals surface area contributed by atoms with Crippen LogP contribution in [0.1, 0.15) is 53.4 Å². The quantitative estimate of drug-likeness (QED) is 0.756. The van der Waals surface area contributed by atoms with E-state index in [0.717, 1.165) is 32.4 Å². The largest absolute Gasteiger partial charge is 0.300 e. The van der Waals surface area contributed by atoms with E-state index < -0.39 is 0 Å². The summed E-state index contributed by atoms with van der Waals surface area (Å²) in [5.74, 6) is 0.475. The van der Waals surface area contributed by atoms with Gasteiger partial charge in [-0.3, -0.25) is 14.6 Å². The first-order chi connectivity index (χ1) is 8.66. The summed E-state index contributed by atoms with van der Waals surface area (Å²) in [5, 5.41) is 0. The first-order valence-electron chi connectivity index (χ1n) is 7.66. The molecule has 0 bridgehead atoms. The number of nitrogens with zero attached hydrogens (tertiary/aromatic N) is 2. The number of rotatable bonds is 2. The fourth-order valence-electron chi connectivity index (χ4n) is 2.93. The molecule has 1 saturated carbocycles. The molecule has 0 amide bonds. The van der Waals surface area contributed by atoms with Crippen LogP contribution in [0.5, 0.6) is 0 Å². The maximum Gasteiger partial charge on any atom is 0.134 e. The lowest BCUT2D eigenvalue weighted by molar-refractivity contribution is -0.122. The summed E-state index contributed by atoms with van der Waals surface area (Å²) in [6, 6.07) is 1.21. The highest BCUT2D eigenvalue weighted by molar-refractivity contribution is 5.79. The Hall–Kier alpha value is -0.410. The van der Waals surface area contributed by atoms with E-state index in [9.17, 15) is 4.79 Å². The second-order valence-corrected chi connectivity index (χ2v) is 5.45. The average molecular weight is 254 g/mol. The lowest BCUT2D eigenvalue weighted by Crippen LogP contribution is -2.53. The predicted molar refractivity (Wildman–Crippen MR) is 76.9 cm³/mol. The summed E-state index contributed by atoms with van der Waals surface area (Å²) < 4.78 is 0. The minimum Gasteiger partial charge on any atom is -0.300 e. The molecule has 0 N–H and O–H groups in total. The van der Waals surface area contributed by atoms with Crippen LogP contribution in [0.15, 0.2) is 0 Å². The average Bonchev–Trinajstić information content (AvgIpc) is 2.41. The van der Waals surface area contributed by atoms with Gasteiger partial charge in [0.15, 0.2) is 0 Å². The predicted octanol–water partition coefficient (Wildman–Crippen LogP) is 2.55. The summed E-state index contributed by atoms with van der Waals surface area (Å²) in [6.07, 6.45) is 3.96. The van der Waals surface area contributed by atoms with Crippen LogP contribution >= 0.6 is 0 Å². The van der Waals surface area contributed by atoms with Crippen LogP contribution in [-0.4, -0.2) is 53.8 Å². The number of ketones is 1. The van der Waals surface area contributed by atoms with Crippen LogP contribution in [0.3, 0.4) is 0 Å². The molecule has 0 aromatic carbocycles. The van der Waals surface area contributed by atoms with Gasteiger partial charge in [-0.25, -0.2) is 0 Å². The fraction of sp³-hybridized carbons (Fsp3) is 0.933. The third-order valence-corrected chi connectivity index (χ3v) is 4.05. The highest BCUT2D eigenvalue weighted by Gasteiger charge is 2.28. The Labute approximate surface area is 113 Å². The molecule has 0 spiro atoms. The lowest BCUT2D eigenvalue weighted by Gasteiger charge is -2.41. The zero-order valence-corrected chi connectivity index (χ0v) is 12.6. The normalized spacial score (nSPS) is 26.9. The summed E-state index contributed by atoms with van der Waals surface area (Å²) >= 11 is 0. The maximum atomic E-state index is 11.5. The summed E-state index contributed by atoms with van der Waals surface area (Å²) in [6.45, 7) is 13.2. The van der Waals surface area contributed by atoms with Crippen LogP contribution in [-0.2, 0) is 4.79 Å². The molecule has 1 atom stereocenters. The molecule has 18 heavy (non-hydrogen) atoms. The highest BCUT2D eigenvalue weighted by atomic mass is 16.1. The molecule has 1 aliphatic carbocycles. The molecular weight excluding hydrogens is 224 g/mol. The topological polar surface area (TPSA) is 23.6 Å². The number of piperazine rings is 1. The smallest absolute Gasteiger partial charge is 0.134 e. The van der Waals surface area contributed by atoms with Crippen molar-refractivity contribution < 1.29 is 4.79 Å². The van der Waals surface area contributed by atoms with Crippen LogP contribution in [0.2, 0.25) is 0 Å². The van der Waals surface area contributed by atoms with Crippen molar-refractivity contribution in [1.29, 1.82) is 0 Å². The minimum absolute atomic E-state index is 0.475. The van der Waals surface area contributed by atoms with Crippen molar-refractivity contribution in [2.75, 3.05) is 26.2 Å². The molecule has 106 valence electrons. The van der Waals surface area contributed by atoms with Crippen molar-refractivity contribution in [2.45, 2.75) is 65.5 Å². The molecule has 0 aromatic rings. The van der Waals surface area contributed by atoms with Gasteiger partial charge in [-0.2, -0.15) is 0 Å². The summed E-state index contributed by atoms with van der Waals surface area (Å²) in [7, 11) is 0. The second-order valence-electron chi connectivity index (χ2n) is 5.45.